The van der Waals surface area contributed by atoms with Crippen molar-refractivity contribution in [2.75, 3.05) is 25.1 Å². The fourth-order valence-corrected chi connectivity index (χ4v) is 2.47. The third-order valence-electron chi connectivity index (χ3n) is 3.49. The van der Waals surface area contributed by atoms with E-state index in [1.165, 1.54) is 0 Å². The summed E-state index contributed by atoms with van der Waals surface area (Å²) in [7, 11) is 0. The largest absolute Gasteiger partial charge is 0.396 e. The van der Waals surface area contributed by atoms with Crippen molar-refractivity contribution in [1.29, 1.82) is 0 Å². The zero-order valence-electron chi connectivity index (χ0n) is 10.9. The van der Waals surface area contributed by atoms with Crippen molar-refractivity contribution >= 4 is 11.6 Å². The molecule has 1 aliphatic heterocycles. The number of aliphatic hydroxyl groups excluding tert-OH is 1. The number of nitrogen functional groups attached to an aromatic ring is 1. The molecule has 6 heteroatoms. The summed E-state index contributed by atoms with van der Waals surface area (Å²) in [4.78, 5) is 18.3. The molecule has 1 aromatic heterocycles. The molecule has 19 heavy (non-hydrogen) atoms. The first-order valence-corrected chi connectivity index (χ1v) is 6.57. The van der Waals surface area contributed by atoms with E-state index < -0.39 is 0 Å². The molecular weight excluding hydrogens is 244 g/mol. The number of carbonyl (C=O) groups excluding carboxylic acids is 1. The zero-order valence-corrected chi connectivity index (χ0v) is 10.9. The van der Waals surface area contributed by atoms with Crippen molar-refractivity contribution in [1.82, 2.24) is 9.88 Å². The molecule has 0 aromatic carbocycles. The van der Waals surface area contributed by atoms with Crippen LogP contribution in [0.1, 0.15) is 29.8 Å². The van der Waals surface area contributed by atoms with Gasteiger partial charge in [-0.15, -0.1) is 0 Å². The second-order valence-corrected chi connectivity index (χ2v) is 4.85. The highest BCUT2D eigenvalue weighted by Crippen LogP contribution is 2.21. The standard InChI is InChI=1S/C13H20N4O2/c14-16-11-3-5-15-12(8-11)13(19)17-6-1-2-10(9-17)4-7-18/h3,5,8,10,18H,1-2,4,6-7,9,14H2,(H,15,16). The maximum absolute atomic E-state index is 12.4. The van der Waals surface area contributed by atoms with E-state index in [4.69, 9.17) is 10.9 Å². The van der Waals surface area contributed by atoms with Gasteiger partial charge >= 0.3 is 0 Å². The quantitative estimate of drug-likeness (QED) is 0.547. The van der Waals surface area contributed by atoms with Gasteiger partial charge in [-0.3, -0.25) is 15.6 Å². The molecule has 1 aliphatic rings. The summed E-state index contributed by atoms with van der Waals surface area (Å²) in [5.74, 6) is 5.65. The molecular formula is C13H20N4O2. The van der Waals surface area contributed by atoms with Crippen LogP contribution in [0.15, 0.2) is 18.3 Å². The summed E-state index contributed by atoms with van der Waals surface area (Å²) in [6.45, 7) is 1.63. The number of hydrazine groups is 1. The smallest absolute Gasteiger partial charge is 0.272 e. The fourth-order valence-electron chi connectivity index (χ4n) is 2.47. The Morgan fingerprint density at radius 1 is 1.63 bits per heavy atom. The lowest BCUT2D eigenvalue weighted by Gasteiger charge is -2.32. The monoisotopic (exact) mass is 264 g/mol. The molecule has 4 N–H and O–H groups in total. The minimum absolute atomic E-state index is 0.0697. The van der Waals surface area contributed by atoms with Crippen molar-refractivity contribution in [3.8, 4) is 0 Å². The first-order valence-electron chi connectivity index (χ1n) is 6.57. The maximum atomic E-state index is 12.4. The molecule has 1 atom stereocenters. The van der Waals surface area contributed by atoms with E-state index in [1.54, 1.807) is 18.3 Å². The van der Waals surface area contributed by atoms with Crippen LogP contribution >= 0.6 is 0 Å². The molecule has 104 valence electrons. The number of nitrogens with zero attached hydrogens (tertiary/aromatic N) is 2. The molecule has 0 aliphatic carbocycles. The predicted octanol–water partition coefficient (Wildman–Crippen LogP) is 0.602. The number of aromatic nitrogens is 1. The van der Waals surface area contributed by atoms with Crippen LogP contribution in [0, 0.1) is 5.92 Å². The van der Waals surface area contributed by atoms with Crippen LogP contribution in [0.25, 0.3) is 0 Å². The normalized spacial score (nSPS) is 19.3. The van der Waals surface area contributed by atoms with Crippen LogP contribution in [0.3, 0.4) is 0 Å². The molecule has 0 radical (unpaired) electrons. The van der Waals surface area contributed by atoms with Crippen LogP contribution in [0.4, 0.5) is 5.69 Å². The number of hydrogen-bond donors (Lipinski definition) is 3. The van der Waals surface area contributed by atoms with E-state index in [0.717, 1.165) is 25.8 Å². The molecule has 0 spiro atoms. The SMILES string of the molecule is NNc1ccnc(C(=O)N2CCCC(CCO)C2)c1. The summed E-state index contributed by atoms with van der Waals surface area (Å²) < 4.78 is 0. The Bertz CT molecular complexity index is 436. The van der Waals surface area contributed by atoms with Gasteiger partial charge in [0.1, 0.15) is 5.69 Å². The maximum Gasteiger partial charge on any atom is 0.272 e. The van der Waals surface area contributed by atoms with Crippen LogP contribution in [0.2, 0.25) is 0 Å². The van der Waals surface area contributed by atoms with Gasteiger partial charge in [0.2, 0.25) is 0 Å². The Balaban J connectivity index is 2.05. The van der Waals surface area contributed by atoms with E-state index in [0.29, 0.717) is 23.8 Å². The molecule has 1 aromatic rings. The first-order chi connectivity index (χ1) is 9.24. The van der Waals surface area contributed by atoms with Gasteiger partial charge in [0.05, 0.1) is 5.69 Å². The lowest BCUT2D eigenvalue weighted by molar-refractivity contribution is 0.0648. The molecule has 2 heterocycles. The number of nitrogens with two attached hydrogens (primary N) is 1. The fraction of sp³-hybridized carbons (Fsp3) is 0.538. The number of likely N-dealkylation sites (tertiary alicyclic amines) is 1. The van der Waals surface area contributed by atoms with Gasteiger partial charge in [-0.2, -0.15) is 0 Å². The lowest BCUT2D eigenvalue weighted by atomic mass is 9.95. The van der Waals surface area contributed by atoms with Crippen molar-refractivity contribution in [2.45, 2.75) is 19.3 Å². The summed E-state index contributed by atoms with van der Waals surface area (Å²) in [6, 6.07) is 3.36. The second-order valence-electron chi connectivity index (χ2n) is 4.85. The molecule has 1 fully saturated rings. The van der Waals surface area contributed by atoms with Crippen LogP contribution in [-0.2, 0) is 0 Å². The van der Waals surface area contributed by atoms with Gasteiger partial charge in [0.15, 0.2) is 0 Å². The number of aliphatic hydroxyl groups is 1. The number of rotatable bonds is 4. The average Bonchev–Trinajstić information content (AvgIpc) is 2.47. The predicted molar refractivity (Wildman–Crippen MR) is 72.4 cm³/mol. The van der Waals surface area contributed by atoms with E-state index in [9.17, 15) is 4.79 Å². The van der Waals surface area contributed by atoms with Gasteiger partial charge in [-0.05, 0) is 37.3 Å². The van der Waals surface area contributed by atoms with E-state index in [2.05, 4.69) is 10.4 Å². The van der Waals surface area contributed by atoms with E-state index in [-0.39, 0.29) is 12.5 Å². The summed E-state index contributed by atoms with van der Waals surface area (Å²) in [5.41, 5.74) is 3.58. The molecule has 0 bridgehead atoms. The van der Waals surface area contributed by atoms with Crippen molar-refractivity contribution in [3.63, 3.8) is 0 Å². The molecule has 0 saturated carbocycles. The number of carbonyl (C=O) groups is 1. The summed E-state index contributed by atoms with van der Waals surface area (Å²) in [5, 5.41) is 8.99. The zero-order chi connectivity index (χ0) is 13.7. The minimum atomic E-state index is -0.0697. The second kappa shape index (κ2) is 6.49. The van der Waals surface area contributed by atoms with Crippen LogP contribution in [-0.4, -0.2) is 40.6 Å². The Morgan fingerprint density at radius 3 is 3.21 bits per heavy atom. The first kappa shape index (κ1) is 13.8. The Kier molecular flexibility index (Phi) is 4.70. The average molecular weight is 264 g/mol. The number of piperidine rings is 1. The number of amides is 1. The molecule has 2 rings (SSSR count). The van der Waals surface area contributed by atoms with Crippen molar-refractivity contribution in [3.05, 3.63) is 24.0 Å². The van der Waals surface area contributed by atoms with E-state index in [1.807, 2.05) is 4.90 Å². The molecule has 1 saturated heterocycles. The van der Waals surface area contributed by atoms with Gasteiger partial charge in [0.25, 0.3) is 5.91 Å². The Hall–Kier alpha value is -1.66. The lowest BCUT2D eigenvalue weighted by Crippen LogP contribution is -2.40. The Labute approximate surface area is 112 Å². The Morgan fingerprint density at radius 2 is 2.47 bits per heavy atom. The van der Waals surface area contributed by atoms with Crippen LogP contribution in [0.5, 0.6) is 0 Å². The number of nitrogens with one attached hydrogen (secondary N) is 1. The molecule has 1 amide bonds. The van der Waals surface area contributed by atoms with Gasteiger partial charge < -0.3 is 15.4 Å². The molecule has 1 unspecified atom stereocenters. The van der Waals surface area contributed by atoms with E-state index >= 15 is 0 Å². The highest BCUT2D eigenvalue weighted by Gasteiger charge is 2.24. The number of hydrogen-bond acceptors (Lipinski definition) is 5. The topological polar surface area (TPSA) is 91.5 Å². The third kappa shape index (κ3) is 3.42. The highest BCUT2D eigenvalue weighted by atomic mass is 16.3. The van der Waals surface area contributed by atoms with Crippen molar-refractivity contribution < 1.29 is 9.90 Å². The number of anilines is 1. The van der Waals surface area contributed by atoms with Gasteiger partial charge in [-0.1, -0.05) is 0 Å². The number of pyridine rings is 1. The van der Waals surface area contributed by atoms with Crippen LogP contribution < -0.4 is 11.3 Å². The van der Waals surface area contributed by atoms with Gasteiger partial charge in [-0.25, -0.2) is 0 Å². The highest BCUT2D eigenvalue weighted by molar-refractivity contribution is 5.93. The molecule has 6 nitrogen and oxygen atoms in total. The third-order valence-corrected chi connectivity index (χ3v) is 3.49. The summed E-state index contributed by atoms with van der Waals surface area (Å²) in [6.07, 6.45) is 4.37. The minimum Gasteiger partial charge on any atom is -0.396 e. The van der Waals surface area contributed by atoms with Gasteiger partial charge in [0, 0.05) is 25.9 Å². The van der Waals surface area contributed by atoms with Crippen molar-refractivity contribution in [2.24, 2.45) is 11.8 Å². The summed E-state index contributed by atoms with van der Waals surface area (Å²) >= 11 is 0.